The van der Waals surface area contributed by atoms with Gasteiger partial charge in [-0.2, -0.15) is 0 Å². The first-order valence-corrected chi connectivity index (χ1v) is 9.87. The molecule has 1 aromatic carbocycles. The molecule has 0 amide bonds. The maximum absolute atomic E-state index is 11.9. The second kappa shape index (κ2) is 8.53. The number of hydrogen-bond acceptors (Lipinski definition) is 10. The number of aromatic nitrogens is 3. The molecule has 160 valence electrons. The Labute approximate surface area is 178 Å². The van der Waals surface area contributed by atoms with Crippen molar-refractivity contribution in [3.63, 3.8) is 0 Å². The smallest absolute Gasteiger partial charge is 0.434 e. The molecule has 0 aliphatic rings. The highest BCUT2D eigenvalue weighted by atomic mass is 32.1. The lowest BCUT2D eigenvalue weighted by molar-refractivity contribution is -0.380. The van der Waals surface area contributed by atoms with Gasteiger partial charge in [0.1, 0.15) is 11.9 Å². The van der Waals surface area contributed by atoms with Gasteiger partial charge in [-0.15, -0.1) is 0 Å². The molecule has 3 aromatic heterocycles. The number of H-pyrrole nitrogens is 1. The molecule has 0 aliphatic carbocycles. The normalized spacial score (nSPS) is 11.0. The number of fused-ring (bicyclic) bond motifs is 3. The lowest BCUT2D eigenvalue weighted by atomic mass is 10.1. The Morgan fingerprint density at radius 2 is 2.06 bits per heavy atom. The molecule has 0 bridgehead atoms. The van der Waals surface area contributed by atoms with Crippen LogP contribution in [0.3, 0.4) is 0 Å². The molecular weight excluding hydrogens is 428 g/mol. The number of thiazole rings is 1. The van der Waals surface area contributed by atoms with Gasteiger partial charge in [0.25, 0.3) is 5.19 Å². The lowest BCUT2D eigenvalue weighted by Gasteiger charge is -2.11. The Morgan fingerprint density at radius 3 is 2.77 bits per heavy atom. The molecule has 0 spiro atoms. The molecule has 0 aliphatic heterocycles. The van der Waals surface area contributed by atoms with Gasteiger partial charge in [0, 0.05) is 12.5 Å². The lowest BCUT2D eigenvalue weighted by Crippen LogP contribution is -2.12. The van der Waals surface area contributed by atoms with Crippen molar-refractivity contribution in [3.05, 3.63) is 46.3 Å². The Hall–Kier alpha value is -3.77. The molecule has 0 fully saturated rings. The molecule has 31 heavy (non-hydrogen) atoms. The third kappa shape index (κ3) is 3.98. The van der Waals surface area contributed by atoms with E-state index in [1.54, 1.807) is 19.1 Å². The molecule has 0 saturated carbocycles. The van der Waals surface area contributed by atoms with Crippen LogP contribution in [0, 0.1) is 10.1 Å². The number of ether oxygens (including phenoxy) is 4. The van der Waals surface area contributed by atoms with Crippen LogP contribution in [-0.4, -0.2) is 39.7 Å². The number of nitrogens with zero attached hydrogens (tertiary/aromatic N) is 3. The van der Waals surface area contributed by atoms with Crippen molar-refractivity contribution in [3.8, 4) is 16.8 Å². The van der Waals surface area contributed by atoms with Crippen molar-refractivity contribution >= 4 is 44.3 Å². The maximum atomic E-state index is 11.9. The van der Waals surface area contributed by atoms with Gasteiger partial charge in [0.05, 0.1) is 46.3 Å². The number of hydrogen-bond donors (Lipinski definition) is 1. The van der Waals surface area contributed by atoms with Crippen LogP contribution in [0.1, 0.15) is 12.5 Å². The van der Waals surface area contributed by atoms with Crippen molar-refractivity contribution in [1.29, 1.82) is 0 Å². The quantitative estimate of drug-likeness (QED) is 0.247. The van der Waals surface area contributed by atoms with Gasteiger partial charge in [-0.25, -0.2) is 14.8 Å². The number of nitro groups is 1. The molecule has 0 unspecified atom stereocenters. The highest BCUT2D eigenvalue weighted by Crippen LogP contribution is 2.40. The fourth-order valence-corrected chi connectivity index (χ4v) is 3.70. The van der Waals surface area contributed by atoms with E-state index >= 15 is 0 Å². The summed E-state index contributed by atoms with van der Waals surface area (Å²) in [6.45, 7) is 1.93. The summed E-state index contributed by atoms with van der Waals surface area (Å²) in [5, 5.41) is 12.3. The third-order valence-electron chi connectivity index (χ3n) is 4.27. The van der Waals surface area contributed by atoms with E-state index < -0.39 is 11.1 Å². The van der Waals surface area contributed by atoms with Crippen molar-refractivity contribution in [1.82, 2.24) is 15.0 Å². The molecule has 0 radical (unpaired) electrons. The number of rotatable bonds is 7. The van der Waals surface area contributed by atoms with E-state index in [0.717, 1.165) is 23.1 Å². The van der Waals surface area contributed by atoms with E-state index in [-0.39, 0.29) is 29.3 Å². The van der Waals surface area contributed by atoms with Gasteiger partial charge in [-0.05, 0) is 30.4 Å². The van der Waals surface area contributed by atoms with Crippen molar-refractivity contribution in [2.45, 2.75) is 13.5 Å². The Balaban J connectivity index is 1.86. The molecule has 1 N–H and O–H groups in total. The Bertz CT molecular complexity index is 1280. The van der Waals surface area contributed by atoms with E-state index in [9.17, 15) is 14.9 Å². The average molecular weight is 444 g/mol. The number of carbonyl (C=O) groups is 1. The van der Waals surface area contributed by atoms with Crippen molar-refractivity contribution in [2.24, 2.45) is 0 Å². The zero-order valence-corrected chi connectivity index (χ0v) is 17.2. The van der Waals surface area contributed by atoms with Crippen LogP contribution in [0.5, 0.6) is 16.8 Å². The van der Waals surface area contributed by atoms with E-state index in [2.05, 4.69) is 15.0 Å². The number of carbonyl (C=O) groups excluding carboxylic acids is 1. The summed E-state index contributed by atoms with van der Waals surface area (Å²) in [6.07, 6.45) is 1.79. The zero-order chi connectivity index (χ0) is 22.0. The summed E-state index contributed by atoms with van der Waals surface area (Å²) >= 11 is 0.818. The summed E-state index contributed by atoms with van der Waals surface area (Å²) < 4.78 is 21.3. The van der Waals surface area contributed by atoms with Crippen LogP contribution in [-0.2, 0) is 16.1 Å². The van der Waals surface area contributed by atoms with Crippen LogP contribution in [0.15, 0.2) is 30.6 Å². The van der Waals surface area contributed by atoms with Crippen LogP contribution >= 0.6 is 11.3 Å². The SMILES string of the molecule is CCOC(=O)Oc1ncc2[nH]c3cccc(Oc4ncc([N+](=O)[O-])s4)c3c2c1COC. The third-order valence-corrected chi connectivity index (χ3v) is 5.09. The molecule has 0 atom stereocenters. The van der Waals surface area contributed by atoms with E-state index in [1.807, 2.05) is 6.07 Å². The minimum atomic E-state index is -0.877. The molecule has 4 aromatic rings. The Morgan fingerprint density at radius 1 is 1.23 bits per heavy atom. The van der Waals surface area contributed by atoms with Crippen LogP contribution in [0.25, 0.3) is 21.8 Å². The average Bonchev–Trinajstić information content (AvgIpc) is 3.35. The van der Waals surface area contributed by atoms with Gasteiger partial charge < -0.3 is 23.9 Å². The molecule has 11 nitrogen and oxygen atoms in total. The highest BCUT2D eigenvalue weighted by molar-refractivity contribution is 7.16. The molecule has 12 heteroatoms. The predicted molar refractivity (Wildman–Crippen MR) is 111 cm³/mol. The van der Waals surface area contributed by atoms with Crippen LogP contribution < -0.4 is 9.47 Å². The summed E-state index contributed by atoms with van der Waals surface area (Å²) in [4.78, 5) is 33.7. The van der Waals surface area contributed by atoms with Gasteiger partial charge in [-0.3, -0.25) is 10.1 Å². The summed E-state index contributed by atoms with van der Waals surface area (Å²) in [6, 6.07) is 5.33. The Kier molecular flexibility index (Phi) is 5.64. The standard InChI is InChI=1S/C19H16N4O7S/c1-3-28-19(24)30-17-10(9-27-2)15-12(7-20-17)22-11-5-4-6-13(16(11)15)29-18-21-8-14(31-18)23(25)26/h4-8,22H,3,9H2,1-2H3. The minimum absolute atomic E-state index is 0.0494. The second-order valence-electron chi connectivity index (χ2n) is 6.18. The molecule has 3 heterocycles. The number of aromatic amines is 1. The summed E-state index contributed by atoms with van der Waals surface area (Å²) in [5.74, 6) is 0.465. The molecule has 4 rings (SSSR count). The fraction of sp³-hybridized carbons (Fsp3) is 0.211. The summed E-state index contributed by atoms with van der Waals surface area (Å²) in [5.41, 5.74) is 1.91. The van der Waals surface area contributed by atoms with E-state index in [0.29, 0.717) is 27.6 Å². The summed E-state index contributed by atoms with van der Waals surface area (Å²) in [7, 11) is 1.51. The number of pyridine rings is 1. The fourth-order valence-electron chi connectivity index (χ4n) is 3.11. The first kappa shape index (κ1) is 20.5. The van der Waals surface area contributed by atoms with Crippen LogP contribution in [0.4, 0.5) is 9.80 Å². The maximum Gasteiger partial charge on any atom is 0.515 e. The number of nitrogens with one attached hydrogen (secondary N) is 1. The minimum Gasteiger partial charge on any atom is -0.434 e. The number of methoxy groups -OCH3 is 1. The highest BCUT2D eigenvalue weighted by Gasteiger charge is 2.21. The first-order chi connectivity index (χ1) is 15.0. The first-order valence-electron chi connectivity index (χ1n) is 9.05. The monoisotopic (exact) mass is 444 g/mol. The largest absolute Gasteiger partial charge is 0.515 e. The molecular formula is C19H16N4O7S. The van der Waals surface area contributed by atoms with Gasteiger partial charge >= 0.3 is 11.2 Å². The predicted octanol–water partition coefficient (Wildman–Crippen LogP) is 4.55. The van der Waals surface area contributed by atoms with Gasteiger partial charge in [-0.1, -0.05) is 6.07 Å². The van der Waals surface area contributed by atoms with E-state index in [4.69, 9.17) is 18.9 Å². The van der Waals surface area contributed by atoms with E-state index in [1.165, 1.54) is 13.3 Å². The molecule has 0 saturated heterocycles. The topological polar surface area (TPSA) is 139 Å². The van der Waals surface area contributed by atoms with Gasteiger partial charge in [0.15, 0.2) is 0 Å². The van der Waals surface area contributed by atoms with Crippen molar-refractivity contribution < 1.29 is 28.7 Å². The van der Waals surface area contributed by atoms with Crippen molar-refractivity contribution in [2.75, 3.05) is 13.7 Å². The zero-order valence-electron chi connectivity index (χ0n) is 16.4. The second-order valence-corrected chi connectivity index (χ2v) is 7.15. The number of benzene rings is 1. The van der Waals surface area contributed by atoms with Crippen LogP contribution in [0.2, 0.25) is 0 Å². The van der Waals surface area contributed by atoms with Gasteiger partial charge in [0.2, 0.25) is 5.88 Å².